The van der Waals surface area contributed by atoms with Crippen molar-refractivity contribution >= 4 is 5.82 Å². The smallest absolute Gasteiger partial charge is 0.135 e. The molecule has 6 heteroatoms. The van der Waals surface area contributed by atoms with E-state index in [4.69, 9.17) is 4.74 Å². The molecule has 0 amide bonds. The van der Waals surface area contributed by atoms with Gasteiger partial charge in [0, 0.05) is 57.0 Å². The molecule has 0 spiro atoms. The van der Waals surface area contributed by atoms with Crippen LogP contribution in [0.2, 0.25) is 0 Å². The van der Waals surface area contributed by atoms with Crippen molar-refractivity contribution in [3.05, 3.63) is 18.1 Å². The Kier molecular flexibility index (Phi) is 5.92. The summed E-state index contributed by atoms with van der Waals surface area (Å²) in [6.07, 6.45) is 4.12. The number of nitrogens with zero attached hydrogens (tertiary/aromatic N) is 4. The first-order valence-electron chi connectivity index (χ1n) is 9.51. The van der Waals surface area contributed by atoms with Crippen molar-refractivity contribution in [3.8, 4) is 0 Å². The van der Waals surface area contributed by atoms with Gasteiger partial charge in [-0.25, -0.2) is 9.97 Å². The maximum Gasteiger partial charge on any atom is 0.135 e. The van der Waals surface area contributed by atoms with Gasteiger partial charge in [-0.1, -0.05) is 13.8 Å². The van der Waals surface area contributed by atoms with Crippen LogP contribution in [0.25, 0.3) is 0 Å². The van der Waals surface area contributed by atoms with Crippen molar-refractivity contribution < 1.29 is 9.84 Å². The zero-order chi connectivity index (χ0) is 18.0. The second-order valence-corrected chi connectivity index (χ2v) is 8.04. The molecule has 6 nitrogen and oxygen atoms in total. The summed E-state index contributed by atoms with van der Waals surface area (Å²) < 4.78 is 5.85. The summed E-state index contributed by atoms with van der Waals surface area (Å²) in [5.74, 6) is 2.18. The third-order valence-corrected chi connectivity index (χ3v) is 5.44. The highest BCUT2D eigenvalue weighted by atomic mass is 16.5. The van der Waals surface area contributed by atoms with Crippen LogP contribution in [0, 0.1) is 11.8 Å². The van der Waals surface area contributed by atoms with Gasteiger partial charge in [0.2, 0.25) is 0 Å². The molecular formula is C19H32N4O2. The molecule has 3 rings (SSSR count). The summed E-state index contributed by atoms with van der Waals surface area (Å²) >= 11 is 0. The van der Waals surface area contributed by atoms with Crippen LogP contribution in [0.1, 0.15) is 39.2 Å². The lowest BCUT2D eigenvalue weighted by Crippen LogP contribution is -2.48. The van der Waals surface area contributed by atoms with E-state index in [1.807, 2.05) is 6.20 Å². The van der Waals surface area contributed by atoms with Crippen LogP contribution in [0.3, 0.4) is 0 Å². The van der Waals surface area contributed by atoms with Crippen molar-refractivity contribution in [2.75, 3.05) is 44.2 Å². The second kappa shape index (κ2) is 7.98. The lowest BCUT2D eigenvalue weighted by atomic mass is 9.96. The first kappa shape index (κ1) is 18.5. The van der Waals surface area contributed by atoms with Gasteiger partial charge in [0.1, 0.15) is 12.1 Å². The molecule has 1 aromatic rings. The van der Waals surface area contributed by atoms with E-state index >= 15 is 0 Å². The Morgan fingerprint density at radius 3 is 2.48 bits per heavy atom. The van der Waals surface area contributed by atoms with E-state index in [2.05, 4.69) is 47.5 Å². The van der Waals surface area contributed by atoms with E-state index in [-0.39, 0.29) is 18.8 Å². The average Bonchev–Trinajstić information content (AvgIpc) is 2.96. The molecule has 0 aliphatic carbocycles. The number of rotatable bonds is 5. The van der Waals surface area contributed by atoms with Crippen LogP contribution in [-0.4, -0.2) is 71.5 Å². The van der Waals surface area contributed by atoms with Crippen LogP contribution < -0.4 is 4.90 Å². The van der Waals surface area contributed by atoms with Crippen LogP contribution in [0.4, 0.5) is 5.82 Å². The maximum absolute atomic E-state index is 9.91. The molecule has 0 radical (unpaired) electrons. The lowest BCUT2D eigenvalue weighted by molar-refractivity contribution is -0.0725. The van der Waals surface area contributed by atoms with Crippen molar-refractivity contribution in [2.24, 2.45) is 11.8 Å². The molecule has 0 bridgehead atoms. The zero-order valence-electron chi connectivity index (χ0n) is 15.9. The highest BCUT2D eigenvalue weighted by Gasteiger charge is 2.36. The highest BCUT2D eigenvalue weighted by molar-refractivity contribution is 5.48. The van der Waals surface area contributed by atoms with Gasteiger partial charge in [-0.3, -0.25) is 4.90 Å². The molecule has 0 unspecified atom stereocenters. The number of aliphatic hydroxyl groups excluding tert-OH is 1. The van der Waals surface area contributed by atoms with E-state index in [1.54, 1.807) is 6.33 Å². The summed E-state index contributed by atoms with van der Waals surface area (Å²) in [6, 6.07) is 0. The van der Waals surface area contributed by atoms with Gasteiger partial charge in [0.15, 0.2) is 0 Å². The zero-order valence-corrected chi connectivity index (χ0v) is 15.9. The molecule has 25 heavy (non-hydrogen) atoms. The monoisotopic (exact) mass is 348 g/mol. The fourth-order valence-corrected chi connectivity index (χ4v) is 4.30. The Bertz CT molecular complexity index is 558. The summed E-state index contributed by atoms with van der Waals surface area (Å²) in [4.78, 5) is 13.6. The van der Waals surface area contributed by atoms with Crippen LogP contribution in [0.15, 0.2) is 12.5 Å². The molecule has 1 aromatic heterocycles. The Hall–Kier alpha value is -1.24. The normalized spacial score (nSPS) is 31.0. The van der Waals surface area contributed by atoms with Gasteiger partial charge >= 0.3 is 0 Å². The first-order valence-corrected chi connectivity index (χ1v) is 9.51. The standard InChI is InChI=1S/C19H32N4O2/c1-13(2)18-5-20-12-21-19(18)23-9-16(17(10-23)11-24)8-22-6-14(3)25-15(4)7-22/h5,12-17,24H,6-11H2,1-4H3/t14-,15+,16-,17-/m1/s1. The Morgan fingerprint density at radius 2 is 1.84 bits per heavy atom. The van der Waals surface area contributed by atoms with E-state index in [0.29, 0.717) is 17.8 Å². The highest BCUT2D eigenvalue weighted by Crippen LogP contribution is 2.32. The Labute approximate surface area is 151 Å². The molecule has 1 N–H and O–H groups in total. The van der Waals surface area contributed by atoms with Gasteiger partial charge in [-0.15, -0.1) is 0 Å². The molecule has 4 atom stereocenters. The lowest BCUT2D eigenvalue weighted by Gasteiger charge is -2.37. The number of aliphatic hydroxyl groups is 1. The number of hydrogen-bond donors (Lipinski definition) is 1. The van der Waals surface area contributed by atoms with Crippen molar-refractivity contribution in [2.45, 2.75) is 45.8 Å². The van der Waals surface area contributed by atoms with Crippen molar-refractivity contribution in [1.82, 2.24) is 14.9 Å². The fraction of sp³-hybridized carbons (Fsp3) is 0.789. The maximum atomic E-state index is 9.91. The third-order valence-electron chi connectivity index (χ3n) is 5.44. The van der Waals surface area contributed by atoms with Crippen molar-refractivity contribution in [1.29, 1.82) is 0 Å². The number of aromatic nitrogens is 2. The molecule has 0 aromatic carbocycles. The van der Waals surface area contributed by atoms with Gasteiger partial charge in [0.05, 0.1) is 12.2 Å². The predicted molar refractivity (Wildman–Crippen MR) is 98.8 cm³/mol. The summed E-state index contributed by atoms with van der Waals surface area (Å²) in [5.41, 5.74) is 1.19. The minimum absolute atomic E-state index is 0.235. The van der Waals surface area contributed by atoms with Gasteiger partial charge in [-0.05, 0) is 25.7 Å². The molecular weight excluding hydrogens is 316 g/mol. The van der Waals surface area contributed by atoms with E-state index < -0.39 is 0 Å². The summed E-state index contributed by atoms with van der Waals surface area (Å²) in [5, 5.41) is 9.91. The minimum atomic E-state index is 0.235. The van der Waals surface area contributed by atoms with Crippen LogP contribution in [0.5, 0.6) is 0 Å². The second-order valence-electron chi connectivity index (χ2n) is 8.04. The minimum Gasteiger partial charge on any atom is -0.396 e. The Balaban J connectivity index is 1.70. The third kappa shape index (κ3) is 4.30. The van der Waals surface area contributed by atoms with E-state index in [9.17, 15) is 5.11 Å². The Morgan fingerprint density at radius 1 is 1.16 bits per heavy atom. The predicted octanol–water partition coefficient (Wildman–Crippen LogP) is 1.75. The van der Waals surface area contributed by atoms with Gasteiger partial charge in [0.25, 0.3) is 0 Å². The summed E-state index contributed by atoms with van der Waals surface area (Å²) in [7, 11) is 0. The molecule has 140 valence electrons. The molecule has 2 saturated heterocycles. The van der Waals surface area contributed by atoms with Gasteiger partial charge < -0.3 is 14.7 Å². The molecule has 0 saturated carbocycles. The van der Waals surface area contributed by atoms with E-state index in [1.165, 1.54) is 5.56 Å². The summed E-state index contributed by atoms with van der Waals surface area (Å²) in [6.45, 7) is 13.7. The van der Waals surface area contributed by atoms with Crippen molar-refractivity contribution in [3.63, 3.8) is 0 Å². The number of hydrogen-bond acceptors (Lipinski definition) is 6. The number of ether oxygens (including phenoxy) is 1. The number of anilines is 1. The van der Waals surface area contributed by atoms with Gasteiger partial charge in [-0.2, -0.15) is 0 Å². The van der Waals surface area contributed by atoms with Crippen LogP contribution in [-0.2, 0) is 4.74 Å². The number of morpholine rings is 1. The first-order chi connectivity index (χ1) is 12.0. The molecule has 2 aliphatic heterocycles. The molecule has 2 aliphatic rings. The largest absolute Gasteiger partial charge is 0.396 e. The average molecular weight is 348 g/mol. The quantitative estimate of drug-likeness (QED) is 0.875. The molecule has 2 fully saturated rings. The van der Waals surface area contributed by atoms with Crippen LogP contribution >= 0.6 is 0 Å². The van der Waals surface area contributed by atoms with E-state index in [0.717, 1.165) is 38.5 Å². The molecule has 3 heterocycles. The SMILES string of the molecule is CC(C)c1cncnc1N1C[C@@H](CN2C[C@@H](C)O[C@@H](C)C2)[C@@H](CO)C1. The topological polar surface area (TPSA) is 61.7 Å². The fourth-order valence-electron chi connectivity index (χ4n) is 4.30.